The van der Waals surface area contributed by atoms with Crippen LogP contribution in [-0.4, -0.2) is 39.0 Å². The van der Waals surface area contributed by atoms with E-state index in [1.54, 1.807) is 12.1 Å². The van der Waals surface area contributed by atoms with Crippen molar-refractivity contribution in [3.63, 3.8) is 0 Å². The molecule has 0 saturated heterocycles. The first-order valence-electron chi connectivity index (χ1n) is 6.08. The molecule has 1 saturated carbocycles. The van der Waals surface area contributed by atoms with Crippen LogP contribution in [0, 0.1) is 0 Å². The largest absolute Gasteiger partial charge is 0.478 e. The fraction of sp³-hybridized carbons (Fsp3) is 0.385. The summed E-state index contributed by atoms with van der Waals surface area (Å²) in [5.41, 5.74) is 1.44. The van der Waals surface area contributed by atoms with Gasteiger partial charge < -0.3 is 14.6 Å². The fourth-order valence-electron chi connectivity index (χ4n) is 2.41. The van der Waals surface area contributed by atoms with Crippen LogP contribution in [0.25, 0.3) is 6.08 Å². The minimum Gasteiger partial charge on any atom is -0.478 e. The van der Waals surface area contributed by atoms with Crippen molar-refractivity contribution in [2.75, 3.05) is 6.54 Å². The molecule has 1 aromatic rings. The van der Waals surface area contributed by atoms with Crippen LogP contribution in [0.5, 0.6) is 0 Å². The molecule has 5 nitrogen and oxygen atoms in total. The number of aliphatic carboxylic acids is 1. The van der Waals surface area contributed by atoms with E-state index in [4.69, 9.17) is 5.11 Å². The number of carbonyl (C=O) groups excluding carboxylic acids is 1. The lowest BCUT2D eigenvalue weighted by molar-refractivity contribution is -0.131. The monoisotopic (exact) mass is 246 g/mol. The smallest absolute Gasteiger partial charge is 0.328 e. The van der Waals surface area contributed by atoms with E-state index in [2.05, 4.69) is 0 Å². The molecule has 0 unspecified atom stereocenters. The summed E-state index contributed by atoms with van der Waals surface area (Å²) in [7, 11) is 0. The van der Waals surface area contributed by atoms with Crippen molar-refractivity contribution in [2.45, 2.75) is 25.4 Å². The Morgan fingerprint density at radius 2 is 2.11 bits per heavy atom. The summed E-state index contributed by atoms with van der Waals surface area (Å²) in [4.78, 5) is 24.7. The van der Waals surface area contributed by atoms with Crippen molar-refractivity contribution < 1.29 is 14.7 Å². The Bertz CT molecular complexity index is 540. The third kappa shape index (κ3) is 1.81. The van der Waals surface area contributed by atoms with Crippen LogP contribution in [0.3, 0.4) is 0 Å². The van der Waals surface area contributed by atoms with Gasteiger partial charge in [-0.05, 0) is 31.1 Å². The second-order valence-corrected chi connectivity index (χ2v) is 4.70. The summed E-state index contributed by atoms with van der Waals surface area (Å²) < 4.78 is 1.89. The topological polar surface area (TPSA) is 62.5 Å². The Labute approximate surface area is 104 Å². The average Bonchev–Trinajstić information content (AvgIpc) is 3.07. The first-order chi connectivity index (χ1) is 8.66. The molecule has 0 atom stereocenters. The van der Waals surface area contributed by atoms with Gasteiger partial charge in [0.25, 0.3) is 5.91 Å². The lowest BCUT2D eigenvalue weighted by atomic mass is 10.3. The number of nitrogens with zero attached hydrogens (tertiary/aromatic N) is 2. The molecular formula is C13H14N2O3. The fourth-order valence-corrected chi connectivity index (χ4v) is 2.41. The highest BCUT2D eigenvalue weighted by molar-refractivity contribution is 5.94. The standard InChI is InChI=1S/C13H14N2O3/c16-12(17)6-4-9-3-5-11-13(18)15(10-1-2-10)8-7-14(9)11/h3-6,10H,1-2,7-8H2,(H,16,17). The van der Waals surface area contributed by atoms with Gasteiger partial charge >= 0.3 is 5.97 Å². The van der Waals surface area contributed by atoms with Crippen LogP contribution < -0.4 is 0 Å². The van der Waals surface area contributed by atoms with Gasteiger partial charge in [-0.1, -0.05) is 0 Å². The maximum Gasteiger partial charge on any atom is 0.328 e. The summed E-state index contributed by atoms with van der Waals surface area (Å²) >= 11 is 0. The van der Waals surface area contributed by atoms with Crippen LogP contribution in [0.2, 0.25) is 0 Å². The first-order valence-corrected chi connectivity index (χ1v) is 6.08. The van der Waals surface area contributed by atoms with Crippen molar-refractivity contribution in [1.29, 1.82) is 0 Å². The van der Waals surface area contributed by atoms with Gasteiger partial charge in [0.15, 0.2) is 0 Å². The summed E-state index contributed by atoms with van der Waals surface area (Å²) in [6.45, 7) is 1.46. The Morgan fingerprint density at radius 1 is 1.33 bits per heavy atom. The Morgan fingerprint density at radius 3 is 2.78 bits per heavy atom. The molecule has 94 valence electrons. The molecule has 1 aliphatic heterocycles. The number of aromatic nitrogens is 1. The SMILES string of the molecule is O=C(O)C=Cc1ccc2n1CCN(C1CC1)C2=O. The van der Waals surface area contributed by atoms with Crippen LogP contribution in [0.15, 0.2) is 18.2 Å². The zero-order valence-electron chi connectivity index (χ0n) is 9.87. The summed E-state index contributed by atoms with van der Waals surface area (Å²) in [6.07, 6.45) is 4.85. The number of carboxylic acids is 1. The lowest BCUT2D eigenvalue weighted by Crippen LogP contribution is -2.41. The summed E-state index contributed by atoms with van der Waals surface area (Å²) in [5.74, 6) is -0.911. The molecule has 1 amide bonds. The van der Waals surface area contributed by atoms with E-state index < -0.39 is 5.97 Å². The minimum absolute atomic E-state index is 0.0683. The Balaban J connectivity index is 1.89. The highest BCUT2D eigenvalue weighted by Crippen LogP contribution is 2.30. The van der Waals surface area contributed by atoms with Crippen molar-refractivity contribution in [1.82, 2.24) is 9.47 Å². The average molecular weight is 246 g/mol. The van der Waals surface area contributed by atoms with Gasteiger partial charge in [-0.3, -0.25) is 4.79 Å². The van der Waals surface area contributed by atoms with Crippen LogP contribution in [0.4, 0.5) is 0 Å². The Hall–Kier alpha value is -2.04. The number of amides is 1. The molecule has 3 rings (SSSR count). The maximum absolute atomic E-state index is 12.2. The molecule has 1 N–H and O–H groups in total. The quantitative estimate of drug-likeness (QED) is 0.815. The van der Waals surface area contributed by atoms with E-state index in [9.17, 15) is 9.59 Å². The molecule has 0 radical (unpaired) electrons. The van der Waals surface area contributed by atoms with Gasteiger partial charge in [0.05, 0.1) is 0 Å². The van der Waals surface area contributed by atoms with Gasteiger partial charge in [0.2, 0.25) is 0 Å². The van der Waals surface area contributed by atoms with Gasteiger partial charge in [0.1, 0.15) is 5.69 Å². The minimum atomic E-state index is -0.979. The van der Waals surface area contributed by atoms with Crippen molar-refractivity contribution in [2.24, 2.45) is 0 Å². The normalized spacial score (nSPS) is 19.3. The molecule has 2 heterocycles. The molecule has 0 spiro atoms. The van der Waals surface area contributed by atoms with E-state index in [0.717, 1.165) is 37.7 Å². The number of hydrogen-bond donors (Lipinski definition) is 1. The number of fused-ring (bicyclic) bond motifs is 1. The number of carbonyl (C=O) groups is 2. The second kappa shape index (κ2) is 4.01. The van der Waals surface area contributed by atoms with Gasteiger partial charge in [-0.15, -0.1) is 0 Å². The van der Waals surface area contributed by atoms with Gasteiger partial charge in [0, 0.05) is 30.9 Å². The third-order valence-corrected chi connectivity index (χ3v) is 3.44. The molecule has 1 fully saturated rings. The zero-order valence-corrected chi connectivity index (χ0v) is 9.87. The molecule has 1 aliphatic carbocycles. The highest BCUT2D eigenvalue weighted by Gasteiger charge is 2.36. The molecule has 18 heavy (non-hydrogen) atoms. The predicted octanol–water partition coefficient (Wildman–Crippen LogP) is 1.20. The van der Waals surface area contributed by atoms with E-state index in [1.807, 2.05) is 9.47 Å². The van der Waals surface area contributed by atoms with Crippen molar-refractivity contribution in [3.8, 4) is 0 Å². The van der Waals surface area contributed by atoms with E-state index in [1.165, 1.54) is 6.08 Å². The summed E-state index contributed by atoms with van der Waals surface area (Å²) in [6, 6.07) is 4.00. The van der Waals surface area contributed by atoms with Gasteiger partial charge in [-0.25, -0.2) is 4.79 Å². The third-order valence-electron chi connectivity index (χ3n) is 3.44. The molecule has 1 aromatic heterocycles. The summed E-state index contributed by atoms with van der Waals surface area (Å²) in [5, 5.41) is 8.62. The maximum atomic E-state index is 12.2. The first kappa shape index (κ1) is 11.1. The number of hydrogen-bond acceptors (Lipinski definition) is 2. The van der Waals surface area contributed by atoms with E-state index in [-0.39, 0.29) is 5.91 Å². The van der Waals surface area contributed by atoms with Crippen LogP contribution in [0.1, 0.15) is 29.0 Å². The van der Waals surface area contributed by atoms with Gasteiger partial charge in [-0.2, -0.15) is 0 Å². The molecule has 2 aliphatic rings. The van der Waals surface area contributed by atoms with Crippen LogP contribution in [-0.2, 0) is 11.3 Å². The lowest BCUT2D eigenvalue weighted by Gasteiger charge is -2.29. The molecule has 5 heteroatoms. The molecule has 0 bridgehead atoms. The highest BCUT2D eigenvalue weighted by atomic mass is 16.4. The van der Waals surface area contributed by atoms with Crippen molar-refractivity contribution >= 4 is 18.0 Å². The molecule has 0 aromatic carbocycles. The molecular weight excluding hydrogens is 232 g/mol. The number of carboxylic acid groups (broad SMARTS) is 1. The van der Waals surface area contributed by atoms with Crippen LogP contribution >= 0.6 is 0 Å². The Kier molecular flexibility index (Phi) is 2.47. The van der Waals surface area contributed by atoms with E-state index in [0.29, 0.717) is 11.7 Å². The second-order valence-electron chi connectivity index (χ2n) is 4.70. The number of rotatable bonds is 3. The van der Waals surface area contributed by atoms with E-state index >= 15 is 0 Å². The van der Waals surface area contributed by atoms with Crippen molar-refractivity contribution in [3.05, 3.63) is 29.6 Å². The predicted molar refractivity (Wildman–Crippen MR) is 65.2 cm³/mol. The zero-order chi connectivity index (χ0) is 12.7.